The van der Waals surface area contributed by atoms with Gasteiger partial charge in [0.25, 0.3) is 0 Å². The maximum atomic E-state index is 11.9. The fraction of sp³-hybridized carbons (Fsp3) is 0.154. The topological polar surface area (TPSA) is 39.4 Å². The number of ketones is 1. The van der Waals surface area contributed by atoms with Gasteiger partial charge in [-0.2, -0.15) is 0 Å². The fourth-order valence-electron chi connectivity index (χ4n) is 1.44. The van der Waals surface area contributed by atoms with Gasteiger partial charge in [-0.25, -0.2) is 0 Å². The summed E-state index contributed by atoms with van der Waals surface area (Å²) in [6.07, 6.45) is 1.49. The van der Waals surface area contributed by atoms with Gasteiger partial charge in [0.05, 0.1) is 12.9 Å². The van der Waals surface area contributed by atoms with E-state index in [-0.39, 0.29) is 5.78 Å². The zero-order valence-electron chi connectivity index (χ0n) is 8.97. The smallest absolute Gasteiger partial charge is 0.228 e. The molecule has 1 heterocycles. The third-order valence-corrected chi connectivity index (χ3v) is 2.15. The summed E-state index contributed by atoms with van der Waals surface area (Å²) in [5.74, 6) is 0.903. The van der Waals surface area contributed by atoms with E-state index in [1.54, 1.807) is 30.3 Å². The molecule has 3 heteroatoms. The van der Waals surface area contributed by atoms with Gasteiger partial charge >= 0.3 is 0 Å². The van der Waals surface area contributed by atoms with Gasteiger partial charge in [0.2, 0.25) is 5.78 Å². The van der Waals surface area contributed by atoms with Crippen LogP contribution in [0.1, 0.15) is 23.0 Å². The van der Waals surface area contributed by atoms with Crippen LogP contribution in [0.5, 0.6) is 5.75 Å². The Bertz CT molecular complexity index is 472. The highest BCUT2D eigenvalue weighted by atomic mass is 16.5. The first-order valence-electron chi connectivity index (χ1n) is 5.12. The Morgan fingerprint density at radius 1 is 1.31 bits per heavy atom. The highest BCUT2D eigenvalue weighted by Gasteiger charge is 2.11. The van der Waals surface area contributed by atoms with Gasteiger partial charge in [0, 0.05) is 5.56 Å². The minimum Gasteiger partial charge on any atom is -0.494 e. The molecule has 0 aliphatic heterocycles. The van der Waals surface area contributed by atoms with Crippen LogP contribution >= 0.6 is 0 Å². The van der Waals surface area contributed by atoms with Crippen LogP contribution in [0.2, 0.25) is 0 Å². The number of hydrogen-bond donors (Lipinski definition) is 0. The van der Waals surface area contributed by atoms with E-state index in [4.69, 9.17) is 9.15 Å². The first-order chi connectivity index (χ1) is 7.81. The Kier molecular flexibility index (Phi) is 3.05. The molecule has 1 aromatic heterocycles. The van der Waals surface area contributed by atoms with Crippen LogP contribution in [0.15, 0.2) is 47.1 Å². The van der Waals surface area contributed by atoms with Crippen LogP contribution in [0.4, 0.5) is 0 Å². The van der Waals surface area contributed by atoms with Gasteiger partial charge in [-0.3, -0.25) is 4.79 Å². The van der Waals surface area contributed by atoms with Crippen molar-refractivity contribution < 1.29 is 13.9 Å². The van der Waals surface area contributed by atoms with Gasteiger partial charge in [-0.1, -0.05) is 12.1 Å². The van der Waals surface area contributed by atoms with Gasteiger partial charge in [0.1, 0.15) is 5.75 Å². The van der Waals surface area contributed by atoms with Crippen molar-refractivity contribution in [2.45, 2.75) is 6.92 Å². The molecule has 16 heavy (non-hydrogen) atoms. The average Bonchev–Trinajstić information content (AvgIpc) is 2.82. The quantitative estimate of drug-likeness (QED) is 0.737. The molecule has 0 N–H and O–H groups in total. The second-order valence-electron chi connectivity index (χ2n) is 3.27. The Hall–Kier alpha value is -2.03. The number of carbonyl (C=O) groups excluding carboxylic acids is 1. The molecule has 1 aromatic carbocycles. The van der Waals surface area contributed by atoms with Gasteiger partial charge in [0.15, 0.2) is 5.76 Å². The monoisotopic (exact) mass is 216 g/mol. The summed E-state index contributed by atoms with van der Waals surface area (Å²) < 4.78 is 10.4. The fourth-order valence-corrected chi connectivity index (χ4v) is 1.44. The number of hydrogen-bond acceptors (Lipinski definition) is 3. The molecule has 2 rings (SSSR count). The molecule has 0 atom stereocenters. The second kappa shape index (κ2) is 4.66. The number of benzene rings is 1. The van der Waals surface area contributed by atoms with E-state index in [0.29, 0.717) is 23.7 Å². The van der Waals surface area contributed by atoms with E-state index in [9.17, 15) is 4.79 Å². The molecule has 0 unspecified atom stereocenters. The van der Waals surface area contributed by atoms with E-state index in [1.807, 2.05) is 13.0 Å². The molecule has 82 valence electrons. The zero-order chi connectivity index (χ0) is 11.4. The maximum absolute atomic E-state index is 11.9. The van der Waals surface area contributed by atoms with Crippen molar-refractivity contribution >= 4 is 5.78 Å². The summed E-state index contributed by atoms with van der Waals surface area (Å²) in [5, 5.41) is 0. The molecule has 0 amide bonds. The second-order valence-corrected chi connectivity index (χ2v) is 3.27. The van der Waals surface area contributed by atoms with Crippen LogP contribution in [0.25, 0.3) is 0 Å². The van der Waals surface area contributed by atoms with Crippen molar-refractivity contribution in [1.82, 2.24) is 0 Å². The van der Waals surface area contributed by atoms with E-state index >= 15 is 0 Å². The first-order valence-corrected chi connectivity index (χ1v) is 5.12. The van der Waals surface area contributed by atoms with Crippen LogP contribution in [0.3, 0.4) is 0 Å². The van der Waals surface area contributed by atoms with E-state index in [1.165, 1.54) is 6.26 Å². The first kappa shape index (κ1) is 10.5. The molecule has 0 bridgehead atoms. The van der Waals surface area contributed by atoms with Crippen molar-refractivity contribution in [3.05, 3.63) is 54.0 Å². The standard InChI is InChI=1S/C13H12O3/c1-2-15-11-6-3-5-10(9-11)13(14)12-7-4-8-16-12/h3-9H,2H2,1H3. The third kappa shape index (κ3) is 2.14. The molecule has 0 radical (unpaired) electrons. The lowest BCUT2D eigenvalue weighted by molar-refractivity contribution is 0.101. The van der Waals surface area contributed by atoms with Crippen molar-refractivity contribution in [1.29, 1.82) is 0 Å². The van der Waals surface area contributed by atoms with E-state index in [2.05, 4.69) is 0 Å². The minimum absolute atomic E-state index is 0.133. The van der Waals surface area contributed by atoms with Crippen LogP contribution in [0, 0.1) is 0 Å². The number of carbonyl (C=O) groups is 1. The molecular weight excluding hydrogens is 204 g/mol. The molecule has 0 saturated heterocycles. The van der Waals surface area contributed by atoms with Crippen molar-refractivity contribution in [3.8, 4) is 5.75 Å². The lowest BCUT2D eigenvalue weighted by Crippen LogP contribution is -2.00. The Morgan fingerprint density at radius 2 is 2.19 bits per heavy atom. The van der Waals surface area contributed by atoms with Gasteiger partial charge < -0.3 is 9.15 Å². The molecular formula is C13H12O3. The molecule has 0 aliphatic carbocycles. The average molecular weight is 216 g/mol. The SMILES string of the molecule is CCOc1cccc(C(=O)c2ccco2)c1. The molecule has 3 nitrogen and oxygen atoms in total. The number of ether oxygens (including phenoxy) is 1. The number of rotatable bonds is 4. The van der Waals surface area contributed by atoms with Crippen LogP contribution in [-0.2, 0) is 0 Å². The Morgan fingerprint density at radius 3 is 2.88 bits per heavy atom. The highest BCUT2D eigenvalue weighted by Crippen LogP contribution is 2.16. The van der Waals surface area contributed by atoms with Crippen molar-refractivity contribution in [2.24, 2.45) is 0 Å². The molecule has 0 spiro atoms. The summed E-state index contributed by atoms with van der Waals surface area (Å²) in [5.41, 5.74) is 0.570. The number of furan rings is 1. The molecule has 2 aromatic rings. The Balaban J connectivity index is 2.27. The summed E-state index contributed by atoms with van der Waals surface area (Å²) in [4.78, 5) is 11.9. The zero-order valence-corrected chi connectivity index (χ0v) is 8.97. The van der Waals surface area contributed by atoms with Crippen molar-refractivity contribution in [3.63, 3.8) is 0 Å². The van der Waals surface area contributed by atoms with Gasteiger partial charge in [-0.05, 0) is 31.2 Å². The van der Waals surface area contributed by atoms with Gasteiger partial charge in [-0.15, -0.1) is 0 Å². The van der Waals surface area contributed by atoms with Crippen molar-refractivity contribution in [2.75, 3.05) is 6.61 Å². The Labute approximate surface area is 93.7 Å². The highest BCUT2D eigenvalue weighted by molar-refractivity contribution is 6.07. The lowest BCUT2D eigenvalue weighted by atomic mass is 10.1. The van der Waals surface area contributed by atoms with E-state index in [0.717, 1.165) is 0 Å². The molecule has 0 saturated carbocycles. The summed E-state index contributed by atoms with van der Waals surface area (Å²) in [6, 6.07) is 10.4. The van der Waals surface area contributed by atoms with E-state index < -0.39 is 0 Å². The summed E-state index contributed by atoms with van der Waals surface area (Å²) in [7, 11) is 0. The largest absolute Gasteiger partial charge is 0.494 e. The minimum atomic E-state index is -0.133. The van der Waals surface area contributed by atoms with Crippen LogP contribution < -0.4 is 4.74 Å². The molecule has 0 fully saturated rings. The maximum Gasteiger partial charge on any atom is 0.228 e. The lowest BCUT2D eigenvalue weighted by Gasteiger charge is -2.04. The normalized spacial score (nSPS) is 10.1. The predicted octanol–water partition coefficient (Wildman–Crippen LogP) is 2.91. The summed E-state index contributed by atoms with van der Waals surface area (Å²) in [6.45, 7) is 2.49. The van der Waals surface area contributed by atoms with Crippen LogP contribution in [-0.4, -0.2) is 12.4 Å². The third-order valence-electron chi connectivity index (χ3n) is 2.15. The molecule has 0 aliphatic rings. The predicted molar refractivity (Wildman–Crippen MR) is 59.8 cm³/mol. The summed E-state index contributed by atoms with van der Waals surface area (Å²) >= 11 is 0.